The predicted molar refractivity (Wildman–Crippen MR) is 63.0 cm³/mol. The van der Waals surface area contributed by atoms with Gasteiger partial charge in [0.2, 0.25) is 0 Å². The molecule has 0 heterocycles. The zero-order valence-corrected chi connectivity index (χ0v) is 11.4. The molecule has 0 aliphatic heterocycles. The Morgan fingerprint density at radius 2 is 1.20 bits per heavy atom. The van der Waals surface area contributed by atoms with E-state index in [-0.39, 0.29) is 18.8 Å². The lowest BCUT2D eigenvalue weighted by atomic mass is 9.60. The van der Waals surface area contributed by atoms with Crippen LogP contribution in [0.2, 0.25) is 0 Å². The van der Waals surface area contributed by atoms with E-state index in [2.05, 4.69) is 0 Å². The number of alkyl halides is 6. The monoisotopic (exact) mass is 302 g/mol. The van der Waals surface area contributed by atoms with E-state index in [1.807, 2.05) is 0 Å². The molecule has 2 aliphatic carbocycles. The molecule has 2 aliphatic rings. The maximum Gasteiger partial charge on any atom is 0.403 e. The summed E-state index contributed by atoms with van der Waals surface area (Å²) in [6.45, 7) is 0.348. The third-order valence-corrected chi connectivity index (χ3v) is 5.53. The molecule has 0 bridgehead atoms. The Kier molecular flexibility index (Phi) is 4.06. The van der Waals surface area contributed by atoms with Gasteiger partial charge in [-0.3, -0.25) is 0 Å². The van der Waals surface area contributed by atoms with Crippen molar-refractivity contribution in [1.29, 1.82) is 0 Å². The number of rotatable bonds is 1. The maximum absolute atomic E-state index is 13.1. The van der Waals surface area contributed by atoms with Gasteiger partial charge in [0, 0.05) is 0 Å². The highest BCUT2D eigenvalue weighted by Gasteiger charge is 2.70. The fraction of sp³-hybridized carbons (Fsp3) is 1.00. The molecule has 20 heavy (non-hydrogen) atoms. The topological polar surface area (TPSA) is 0 Å². The summed E-state index contributed by atoms with van der Waals surface area (Å²) < 4.78 is 78.5. The van der Waals surface area contributed by atoms with E-state index in [0.717, 1.165) is 25.7 Å². The summed E-state index contributed by atoms with van der Waals surface area (Å²) in [7, 11) is 0. The first-order valence-corrected chi connectivity index (χ1v) is 7.21. The van der Waals surface area contributed by atoms with Crippen LogP contribution in [-0.4, -0.2) is 12.4 Å². The van der Waals surface area contributed by atoms with Crippen molar-refractivity contribution >= 4 is 0 Å². The van der Waals surface area contributed by atoms with Crippen molar-refractivity contribution in [2.75, 3.05) is 0 Å². The van der Waals surface area contributed by atoms with Crippen molar-refractivity contribution in [2.45, 2.75) is 64.2 Å². The molecule has 0 N–H and O–H groups in total. The Bertz CT molecular complexity index is 329. The third-order valence-electron chi connectivity index (χ3n) is 5.53. The molecule has 0 nitrogen and oxygen atoms in total. The zero-order chi connectivity index (χ0) is 15.2. The van der Waals surface area contributed by atoms with Crippen LogP contribution in [0.25, 0.3) is 0 Å². The second kappa shape index (κ2) is 5.09. The average Bonchev–Trinajstić information content (AvgIpc) is 2.34. The van der Waals surface area contributed by atoms with E-state index in [1.165, 1.54) is 0 Å². The van der Waals surface area contributed by atoms with Crippen molar-refractivity contribution in [3.63, 3.8) is 0 Å². The summed E-state index contributed by atoms with van der Waals surface area (Å²) in [5, 5.41) is 0. The van der Waals surface area contributed by atoms with Gasteiger partial charge in [-0.2, -0.15) is 26.3 Å². The highest BCUT2D eigenvalue weighted by molar-refractivity contribution is 4.98. The van der Waals surface area contributed by atoms with E-state index in [9.17, 15) is 26.3 Å². The molecule has 118 valence electrons. The predicted octanol–water partition coefficient (Wildman–Crippen LogP) is 5.72. The molecule has 2 saturated carbocycles. The molecule has 0 aromatic heterocycles. The minimum atomic E-state index is -5.24. The van der Waals surface area contributed by atoms with Crippen LogP contribution in [0.4, 0.5) is 26.3 Å². The third kappa shape index (κ3) is 2.54. The first-order valence-electron chi connectivity index (χ1n) is 7.21. The molecule has 0 saturated heterocycles. The smallest absolute Gasteiger partial charge is 0.170 e. The highest BCUT2D eigenvalue weighted by atomic mass is 19.4. The Morgan fingerprint density at radius 3 is 1.70 bits per heavy atom. The Labute approximate surface area is 114 Å². The van der Waals surface area contributed by atoms with Gasteiger partial charge < -0.3 is 0 Å². The van der Waals surface area contributed by atoms with Gasteiger partial charge in [0.05, 0.1) is 0 Å². The lowest BCUT2D eigenvalue weighted by Gasteiger charge is -2.47. The van der Waals surface area contributed by atoms with Gasteiger partial charge in [0.15, 0.2) is 5.41 Å². The standard InChI is InChI=1S/C14H20F6/c1-12(13(15,16)17,14(18,19)20)11-7-6-9-4-2-3-5-10(9)8-11/h9-11H,2-8H2,1H3. The molecule has 0 spiro atoms. The minimum Gasteiger partial charge on any atom is -0.170 e. The number of halogens is 6. The first kappa shape index (κ1) is 16.0. The average molecular weight is 302 g/mol. The van der Waals surface area contributed by atoms with Crippen molar-refractivity contribution in [1.82, 2.24) is 0 Å². The largest absolute Gasteiger partial charge is 0.403 e. The molecule has 6 heteroatoms. The minimum absolute atomic E-state index is 0.0384. The lowest BCUT2D eigenvalue weighted by Crippen LogP contribution is -2.54. The molecule has 2 rings (SSSR count). The van der Waals surface area contributed by atoms with E-state index >= 15 is 0 Å². The molecule has 0 aromatic rings. The van der Waals surface area contributed by atoms with Crippen molar-refractivity contribution in [3.05, 3.63) is 0 Å². The van der Waals surface area contributed by atoms with Crippen LogP contribution in [-0.2, 0) is 0 Å². The van der Waals surface area contributed by atoms with E-state index in [0.29, 0.717) is 19.3 Å². The van der Waals surface area contributed by atoms with Crippen LogP contribution in [0.5, 0.6) is 0 Å². The van der Waals surface area contributed by atoms with Gasteiger partial charge in [-0.1, -0.05) is 25.7 Å². The van der Waals surface area contributed by atoms with Crippen LogP contribution in [0.3, 0.4) is 0 Å². The molecule has 3 unspecified atom stereocenters. The van der Waals surface area contributed by atoms with Gasteiger partial charge in [0.1, 0.15) is 0 Å². The molecular weight excluding hydrogens is 282 g/mol. The number of fused-ring (bicyclic) bond motifs is 1. The molecular formula is C14H20F6. The fourth-order valence-corrected chi connectivity index (χ4v) is 4.02. The van der Waals surface area contributed by atoms with Gasteiger partial charge >= 0.3 is 12.4 Å². The van der Waals surface area contributed by atoms with Gasteiger partial charge in [-0.15, -0.1) is 0 Å². The van der Waals surface area contributed by atoms with Crippen molar-refractivity contribution in [2.24, 2.45) is 23.2 Å². The molecule has 0 amide bonds. The van der Waals surface area contributed by atoms with Crippen LogP contribution >= 0.6 is 0 Å². The summed E-state index contributed by atoms with van der Waals surface area (Å²) >= 11 is 0. The lowest BCUT2D eigenvalue weighted by molar-refractivity contribution is -0.355. The van der Waals surface area contributed by atoms with Crippen LogP contribution in [0.15, 0.2) is 0 Å². The molecule has 2 fully saturated rings. The maximum atomic E-state index is 13.1. The van der Waals surface area contributed by atoms with Crippen molar-refractivity contribution < 1.29 is 26.3 Å². The van der Waals surface area contributed by atoms with Gasteiger partial charge in [-0.25, -0.2) is 0 Å². The fourth-order valence-electron chi connectivity index (χ4n) is 4.02. The molecule has 0 radical (unpaired) electrons. The SMILES string of the molecule is CC(C1CCC2CCCCC2C1)(C(F)(F)F)C(F)(F)F. The molecule has 0 aromatic carbocycles. The zero-order valence-electron chi connectivity index (χ0n) is 11.4. The Morgan fingerprint density at radius 1 is 0.700 bits per heavy atom. The number of hydrogen-bond donors (Lipinski definition) is 0. The van der Waals surface area contributed by atoms with E-state index < -0.39 is 23.7 Å². The second-order valence-electron chi connectivity index (χ2n) is 6.51. The Hall–Kier alpha value is -0.420. The van der Waals surface area contributed by atoms with E-state index in [1.54, 1.807) is 0 Å². The number of hydrogen-bond acceptors (Lipinski definition) is 0. The van der Waals surface area contributed by atoms with E-state index in [4.69, 9.17) is 0 Å². The van der Waals surface area contributed by atoms with Crippen molar-refractivity contribution in [3.8, 4) is 0 Å². The molecule has 3 atom stereocenters. The summed E-state index contributed by atoms with van der Waals surface area (Å²) in [6, 6.07) is 0. The van der Waals surface area contributed by atoms with Crippen LogP contribution in [0, 0.1) is 23.2 Å². The normalized spacial score (nSPS) is 32.9. The van der Waals surface area contributed by atoms with Crippen LogP contribution < -0.4 is 0 Å². The summed E-state index contributed by atoms with van der Waals surface area (Å²) in [6.07, 6.45) is -6.12. The first-order chi connectivity index (χ1) is 9.07. The summed E-state index contributed by atoms with van der Waals surface area (Å²) in [4.78, 5) is 0. The highest BCUT2D eigenvalue weighted by Crippen LogP contribution is 2.60. The van der Waals surface area contributed by atoms with Gasteiger partial charge in [-0.05, 0) is 43.9 Å². The summed E-state index contributed by atoms with van der Waals surface area (Å²) in [5.74, 6) is -0.945. The van der Waals surface area contributed by atoms with Gasteiger partial charge in [0.25, 0.3) is 0 Å². The summed E-state index contributed by atoms with van der Waals surface area (Å²) in [5.41, 5.74) is -3.57. The van der Waals surface area contributed by atoms with Crippen LogP contribution in [0.1, 0.15) is 51.9 Å². The Balaban J connectivity index is 2.23. The quantitative estimate of drug-likeness (QED) is 0.543. The second-order valence-corrected chi connectivity index (χ2v) is 6.51.